The number of carbonyl (C=O) groups is 1. The monoisotopic (exact) mass is 358 g/mol. The first-order valence-electron chi connectivity index (χ1n) is 6.99. The summed E-state index contributed by atoms with van der Waals surface area (Å²) < 4.78 is 9.40. The molecule has 9 atom stereocenters. The number of aliphatic hydroxyl groups is 9. The van der Waals surface area contributed by atoms with Crippen LogP contribution in [-0.2, 0) is 14.3 Å². The zero-order chi connectivity index (χ0) is 18.6. The molecule has 1 heterocycles. The van der Waals surface area contributed by atoms with Crippen LogP contribution in [-0.4, -0.2) is 120 Å². The van der Waals surface area contributed by atoms with Crippen molar-refractivity contribution in [3.63, 3.8) is 0 Å². The van der Waals surface area contributed by atoms with Crippen LogP contribution in [0.5, 0.6) is 0 Å². The highest BCUT2D eigenvalue weighted by Gasteiger charge is 2.46. The van der Waals surface area contributed by atoms with Crippen molar-refractivity contribution in [2.24, 2.45) is 0 Å². The van der Waals surface area contributed by atoms with E-state index in [9.17, 15) is 35.4 Å². The summed E-state index contributed by atoms with van der Waals surface area (Å²) in [5, 5.41) is 84.0. The van der Waals surface area contributed by atoms with Gasteiger partial charge < -0.3 is 55.4 Å². The van der Waals surface area contributed by atoms with Crippen LogP contribution in [0.2, 0.25) is 0 Å². The molecule has 9 N–H and O–H groups in total. The molecule has 0 radical (unpaired) electrons. The smallest absolute Gasteiger partial charge is 0.340 e. The third kappa shape index (κ3) is 4.58. The van der Waals surface area contributed by atoms with E-state index in [1.807, 2.05) is 0 Å². The van der Waals surface area contributed by atoms with Crippen molar-refractivity contribution in [1.82, 2.24) is 0 Å². The average molecular weight is 358 g/mol. The minimum atomic E-state index is -2.38. The van der Waals surface area contributed by atoms with Crippen LogP contribution >= 0.6 is 0 Å². The van der Waals surface area contributed by atoms with Gasteiger partial charge in [-0.1, -0.05) is 0 Å². The summed E-state index contributed by atoms with van der Waals surface area (Å²) in [5.74, 6) is -1.59. The first-order chi connectivity index (χ1) is 11.1. The van der Waals surface area contributed by atoms with Gasteiger partial charge >= 0.3 is 5.97 Å². The quantitative estimate of drug-likeness (QED) is 0.194. The number of rotatable bonds is 7. The van der Waals surface area contributed by atoms with Crippen molar-refractivity contribution in [1.29, 1.82) is 0 Å². The molecule has 1 saturated heterocycles. The van der Waals surface area contributed by atoms with Gasteiger partial charge in [0, 0.05) is 0 Å². The van der Waals surface area contributed by atoms with E-state index in [0.29, 0.717) is 0 Å². The Morgan fingerprint density at radius 3 is 2.04 bits per heavy atom. The highest BCUT2D eigenvalue weighted by atomic mass is 16.7. The first kappa shape index (κ1) is 21.1. The van der Waals surface area contributed by atoms with E-state index in [0.717, 1.165) is 0 Å². The molecule has 12 nitrogen and oxygen atoms in total. The van der Waals surface area contributed by atoms with E-state index < -0.39 is 74.3 Å². The van der Waals surface area contributed by atoms with Gasteiger partial charge in [0.1, 0.15) is 42.7 Å². The van der Waals surface area contributed by atoms with Crippen LogP contribution in [0, 0.1) is 0 Å². The van der Waals surface area contributed by atoms with Gasteiger partial charge in [0.25, 0.3) is 0 Å². The normalized spacial score (nSPS) is 35.8. The number of ether oxygens (including phenoxy) is 2. The second-order valence-corrected chi connectivity index (χ2v) is 5.31. The van der Waals surface area contributed by atoms with Crippen molar-refractivity contribution in [2.45, 2.75) is 55.1 Å². The van der Waals surface area contributed by atoms with Gasteiger partial charge in [-0.3, -0.25) is 0 Å². The van der Waals surface area contributed by atoms with Crippen LogP contribution in [0.1, 0.15) is 0 Å². The minimum absolute atomic E-state index is 0.772. The second kappa shape index (κ2) is 8.96. The van der Waals surface area contributed by atoms with Crippen molar-refractivity contribution < 1.29 is 60.2 Å². The number of carbonyl (C=O) groups excluding carboxylic acids is 1. The molecule has 1 rings (SSSR count). The van der Waals surface area contributed by atoms with E-state index in [2.05, 4.69) is 4.74 Å². The molecule has 0 aromatic carbocycles. The largest absolute Gasteiger partial charge is 0.431 e. The van der Waals surface area contributed by atoms with Gasteiger partial charge in [0.05, 0.1) is 13.2 Å². The molecule has 142 valence electrons. The molecule has 1 aliphatic heterocycles. The first-order valence-corrected chi connectivity index (χ1v) is 6.99. The maximum Gasteiger partial charge on any atom is 0.340 e. The summed E-state index contributed by atoms with van der Waals surface area (Å²) >= 11 is 0. The van der Waals surface area contributed by atoms with Crippen LogP contribution in [0.25, 0.3) is 0 Å². The lowest BCUT2D eigenvalue weighted by Gasteiger charge is -2.39. The molecule has 0 aromatic rings. The Morgan fingerprint density at radius 1 is 0.958 bits per heavy atom. The number of esters is 1. The van der Waals surface area contributed by atoms with Gasteiger partial charge in [-0.15, -0.1) is 0 Å². The average Bonchev–Trinajstić information content (AvgIpc) is 2.59. The second-order valence-electron chi connectivity index (χ2n) is 5.31. The van der Waals surface area contributed by atoms with E-state index in [1.165, 1.54) is 0 Å². The molecule has 0 saturated carbocycles. The zero-order valence-corrected chi connectivity index (χ0v) is 12.4. The predicted molar refractivity (Wildman–Crippen MR) is 71.0 cm³/mol. The van der Waals surface area contributed by atoms with E-state index in [4.69, 9.17) is 20.1 Å². The lowest BCUT2D eigenvalue weighted by atomic mass is 9.99. The molecular weight excluding hydrogens is 336 g/mol. The van der Waals surface area contributed by atoms with Crippen LogP contribution in [0.15, 0.2) is 0 Å². The molecule has 0 spiro atoms. The molecule has 1 unspecified atom stereocenters. The fraction of sp³-hybridized carbons (Fsp3) is 0.917. The molecule has 0 amide bonds. The fourth-order valence-electron chi connectivity index (χ4n) is 2.01. The number of aliphatic hydroxyl groups excluding tert-OH is 9. The third-order valence-corrected chi connectivity index (χ3v) is 3.58. The van der Waals surface area contributed by atoms with Gasteiger partial charge in [0.2, 0.25) is 6.29 Å². The third-order valence-electron chi connectivity index (χ3n) is 3.58. The topological polar surface area (TPSA) is 218 Å². The number of hydrogen-bond donors (Lipinski definition) is 9. The van der Waals surface area contributed by atoms with Gasteiger partial charge in [-0.25, -0.2) is 4.79 Å². The van der Waals surface area contributed by atoms with Crippen molar-refractivity contribution in [2.75, 3.05) is 13.2 Å². The standard InChI is InChI=1S/C12H22O12/c13-1-3(15)5(16)7(18)9(20)11(22)24-12-10(21)8(19)6(17)4(2-14)23-12/h3-10,12-21H,1-2H2/t3-,4-,5-,6+,7+,8+,9-,10-,12?/m1/s1. The molecule has 1 fully saturated rings. The predicted octanol–water partition coefficient (Wildman–Crippen LogP) is -6.23. The fourth-order valence-corrected chi connectivity index (χ4v) is 2.01. The minimum Gasteiger partial charge on any atom is -0.431 e. The lowest BCUT2D eigenvalue weighted by molar-refractivity contribution is -0.295. The Morgan fingerprint density at radius 2 is 1.54 bits per heavy atom. The van der Waals surface area contributed by atoms with E-state index in [-0.39, 0.29) is 0 Å². The summed E-state index contributed by atoms with van der Waals surface area (Å²) in [4.78, 5) is 11.7. The lowest BCUT2D eigenvalue weighted by Crippen LogP contribution is -2.60. The summed E-state index contributed by atoms with van der Waals surface area (Å²) in [6, 6.07) is 0. The van der Waals surface area contributed by atoms with Crippen LogP contribution in [0.3, 0.4) is 0 Å². The molecule has 0 bridgehead atoms. The maximum atomic E-state index is 11.7. The zero-order valence-electron chi connectivity index (χ0n) is 12.4. The molecular formula is C12H22O12. The van der Waals surface area contributed by atoms with Gasteiger partial charge in [-0.05, 0) is 0 Å². The Hall–Kier alpha value is -0.930. The summed E-state index contributed by atoms with van der Waals surface area (Å²) in [5.41, 5.74) is 0. The van der Waals surface area contributed by atoms with E-state index in [1.54, 1.807) is 0 Å². The highest BCUT2D eigenvalue weighted by Crippen LogP contribution is 2.22. The van der Waals surface area contributed by atoms with Gasteiger partial charge in [-0.2, -0.15) is 0 Å². The van der Waals surface area contributed by atoms with Gasteiger partial charge in [0.15, 0.2) is 6.10 Å². The molecule has 24 heavy (non-hydrogen) atoms. The van der Waals surface area contributed by atoms with Crippen LogP contribution < -0.4 is 0 Å². The Kier molecular flexibility index (Phi) is 7.88. The Bertz CT molecular complexity index is 403. The summed E-state index contributed by atoms with van der Waals surface area (Å²) in [6.45, 7) is -1.72. The molecule has 1 aliphatic rings. The molecule has 12 heteroatoms. The number of hydrogen-bond acceptors (Lipinski definition) is 12. The van der Waals surface area contributed by atoms with E-state index >= 15 is 0 Å². The Balaban J connectivity index is 2.71. The maximum absolute atomic E-state index is 11.7. The SMILES string of the molecule is O=C(OC1O[C@H](CO)[C@H](O)[C@H](O)[C@H]1O)[C@H](O)[C@@H](O)[C@H](O)[C@H](O)CO. The molecule has 0 aromatic heterocycles. The Labute approximate surface area is 135 Å². The molecule has 0 aliphatic carbocycles. The van der Waals surface area contributed by atoms with Crippen LogP contribution in [0.4, 0.5) is 0 Å². The summed E-state index contributed by atoms with van der Waals surface area (Å²) in [7, 11) is 0. The summed E-state index contributed by atoms with van der Waals surface area (Å²) in [6.07, 6.45) is -17.2. The van der Waals surface area contributed by atoms with Crippen molar-refractivity contribution >= 4 is 5.97 Å². The van der Waals surface area contributed by atoms with Crippen molar-refractivity contribution in [3.8, 4) is 0 Å². The highest BCUT2D eigenvalue weighted by molar-refractivity contribution is 5.75. The van der Waals surface area contributed by atoms with Crippen molar-refractivity contribution in [3.05, 3.63) is 0 Å².